The molecule has 1 aliphatic rings. The van der Waals surface area contributed by atoms with Gasteiger partial charge in [-0.25, -0.2) is 0 Å². The van der Waals surface area contributed by atoms with Gasteiger partial charge in [-0.1, -0.05) is 12.1 Å². The lowest BCUT2D eigenvalue weighted by Crippen LogP contribution is -2.44. The van der Waals surface area contributed by atoms with Gasteiger partial charge in [0.15, 0.2) is 0 Å². The number of hydrogen-bond donors (Lipinski definition) is 3. The van der Waals surface area contributed by atoms with Crippen LogP contribution < -0.4 is 16.0 Å². The van der Waals surface area contributed by atoms with E-state index in [1.807, 2.05) is 18.2 Å². The zero-order chi connectivity index (χ0) is 18.9. The third-order valence-corrected chi connectivity index (χ3v) is 5.00. The van der Waals surface area contributed by atoms with Crippen molar-refractivity contribution in [3.8, 4) is 0 Å². The predicted molar refractivity (Wildman–Crippen MR) is 104 cm³/mol. The van der Waals surface area contributed by atoms with Crippen molar-refractivity contribution in [1.29, 1.82) is 0 Å². The highest BCUT2D eigenvalue weighted by atomic mass is 79.9. The zero-order valence-electron chi connectivity index (χ0n) is 14.9. The number of amides is 3. The molecule has 2 rings (SSSR count). The van der Waals surface area contributed by atoms with E-state index in [4.69, 9.17) is 0 Å². The van der Waals surface area contributed by atoms with Crippen LogP contribution in [0.15, 0.2) is 28.7 Å². The van der Waals surface area contributed by atoms with Crippen LogP contribution in [0.3, 0.4) is 0 Å². The summed E-state index contributed by atoms with van der Waals surface area (Å²) in [6.45, 7) is 4.09. The highest BCUT2D eigenvalue weighted by molar-refractivity contribution is 9.10. The van der Waals surface area contributed by atoms with Gasteiger partial charge in [0.1, 0.15) is 0 Å². The largest absolute Gasteiger partial charge is 0.356 e. The lowest BCUT2D eigenvalue weighted by molar-refractivity contribution is -0.125. The number of halogens is 1. The van der Waals surface area contributed by atoms with E-state index >= 15 is 0 Å². The Kier molecular flexibility index (Phi) is 8.06. The first-order valence-electron chi connectivity index (χ1n) is 8.72. The summed E-state index contributed by atoms with van der Waals surface area (Å²) < 4.78 is 0.793. The minimum absolute atomic E-state index is 0.00684. The predicted octanol–water partition coefficient (Wildman–Crippen LogP) is 1.35. The van der Waals surface area contributed by atoms with Gasteiger partial charge in [-0.3, -0.25) is 19.3 Å². The number of rotatable bonds is 7. The molecule has 26 heavy (non-hydrogen) atoms. The normalized spacial score (nSPS) is 15.3. The van der Waals surface area contributed by atoms with Gasteiger partial charge in [-0.2, -0.15) is 0 Å². The molecule has 0 spiro atoms. The lowest BCUT2D eigenvalue weighted by atomic mass is 9.97. The molecule has 1 aromatic rings. The van der Waals surface area contributed by atoms with Crippen LogP contribution in [0.1, 0.15) is 19.8 Å². The first-order chi connectivity index (χ1) is 12.4. The zero-order valence-corrected chi connectivity index (χ0v) is 16.5. The number of hydrogen-bond acceptors (Lipinski definition) is 4. The summed E-state index contributed by atoms with van der Waals surface area (Å²) in [5, 5.41) is 8.25. The van der Waals surface area contributed by atoms with Crippen molar-refractivity contribution in [2.45, 2.75) is 19.8 Å². The third-order valence-electron chi connectivity index (χ3n) is 4.31. The summed E-state index contributed by atoms with van der Waals surface area (Å²) in [7, 11) is 0. The molecule has 0 atom stereocenters. The van der Waals surface area contributed by atoms with Crippen LogP contribution in [-0.4, -0.2) is 55.3 Å². The Labute approximate surface area is 162 Å². The number of likely N-dealkylation sites (tertiary alicyclic amines) is 1. The first kappa shape index (κ1) is 20.4. The van der Waals surface area contributed by atoms with Crippen LogP contribution in [0.2, 0.25) is 0 Å². The van der Waals surface area contributed by atoms with Crippen molar-refractivity contribution in [3.05, 3.63) is 28.7 Å². The first-order valence-corrected chi connectivity index (χ1v) is 9.51. The van der Waals surface area contributed by atoms with Gasteiger partial charge in [0.2, 0.25) is 17.7 Å². The summed E-state index contributed by atoms with van der Waals surface area (Å²) in [5.41, 5.74) is 0.674. The SMILES string of the molecule is CC(=O)NCC1CCN(CC(=O)NCC(=O)Nc2ccccc2Br)CC1. The molecular formula is C18H25BrN4O3. The van der Waals surface area contributed by atoms with Crippen molar-refractivity contribution in [1.82, 2.24) is 15.5 Å². The molecule has 142 valence electrons. The average molecular weight is 425 g/mol. The Morgan fingerprint density at radius 1 is 1.12 bits per heavy atom. The second kappa shape index (κ2) is 10.3. The van der Waals surface area contributed by atoms with Crippen molar-refractivity contribution >= 4 is 39.3 Å². The molecular weight excluding hydrogens is 400 g/mol. The van der Waals surface area contributed by atoms with Crippen LogP contribution in [0.4, 0.5) is 5.69 Å². The standard InChI is InChI=1S/C18H25BrN4O3/c1-13(24)20-10-14-6-8-23(9-7-14)12-18(26)21-11-17(25)22-16-5-3-2-4-15(16)19/h2-5,14H,6-12H2,1H3,(H,20,24)(H,21,26)(H,22,25). The van der Waals surface area contributed by atoms with E-state index in [0.29, 0.717) is 18.2 Å². The lowest BCUT2D eigenvalue weighted by Gasteiger charge is -2.31. The number of benzene rings is 1. The molecule has 1 aliphatic heterocycles. The third kappa shape index (κ3) is 7.13. The van der Waals surface area contributed by atoms with E-state index in [1.165, 1.54) is 6.92 Å². The summed E-state index contributed by atoms with van der Waals surface area (Å²) in [5.74, 6) is 0.0350. The van der Waals surface area contributed by atoms with Gasteiger partial charge in [-0.15, -0.1) is 0 Å². The maximum Gasteiger partial charge on any atom is 0.243 e. The number of carbonyl (C=O) groups is 3. The fraction of sp³-hybridized carbons (Fsp3) is 0.500. The monoisotopic (exact) mass is 424 g/mol. The molecule has 0 aromatic heterocycles. The fourth-order valence-electron chi connectivity index (χ4n) is 2.83. The Hall–Kier alpha value is -1.93. The molecule has 3 N–H and O–H groups in total. The molecule has 8 heteroatoms. The van der Waals surface area contributed by atoms with Crippen LogP contribution in [0.5, 0.6) is 0 Å². The number of para-hydroxylation sites is 1. The average Bonchev–Trinajstić information content (AvgIpc) is 2.61. The summed E-state index contributed by atoms with van der Waals surface area (Å²) >= 11 is 3.36. The number of anilines is 1. The Balaban J connectivity index is 1.64. The van der Waals surface area contributed by atoms with Crippen LogP contribution in [-0.2, 0) is 14.4 Å². The topological polar surface area (TPSA) is 90.5 Å². The molecule has 1 saturated heterocycles. The van der Waals surface area contributed by atoms with Gasteiger partial charge in [-0.05, 0) is 59.9 Å². The number of nitrogens with zero attached hydrogens (tertiary/aromatic N) is 1. The highest BCUT2D eigenvalue weighted by Crippen LogP contribution is 2.20. The Morgan fingerprint density at radius 3 is 2.46 bits per heavy atom. The molecule has 0 saturated carbocycles. The van der Waals surface area contributed by atoms with E-state index in [2.05, 4.69) is 36.8 Å². The maximum atomic E-state index is 12.0. The van der Waals surface area contributed by atoms with Gasteiger partial charge < -0.3 is 16.0 Å². The highest BCUT2D eigenvalue weighted by Gasteiger charge is 2.21. The number of nitrogens with one attached hydrogen (secondary N) is 3. The van der Waals surface area contributed by atoms with E-state index < -0.39 is 0 Å². The minimum atomic E-state index is -0.265. The molecule has 3 amide bonds. The van der Waals surface area contributed by atoms with Crippen LogP contribution >= 0.6 is 15.9 Å². The van der Waals surface area contributed by atoms with Crippen LogP contribution in [0, 0.1) is 5.92 Å². The molecule has 0 bridgehead atoms. The van der Waals surface area contributed by atoms with Gasteiger partial charge in [0.25, 0.3) is 0 Å². The van der Waals surface area contributed by atoms with Gasteiger partial charge >= 0.3 is 0 Å². The van der Waals surface area contributed by atoms with Crippen molar-refractivity contribution < 1.29 is 14.4 Å². The quantitative estimate of drug-likeness (QED) is 0.615. The fourth-order valence-corrected chi connectivity index (χ4v) is 3.22. The van der Waals surface area contributed by atoms with E-state index in [0.717, 1.165) is 30.4 Å². The summed E-state index contributed by atoms with van der Waals surface area (Å²) in [4.78, 5) is 37.0. The molecule has 0 unspecified atom stereocenters. The second-order valence-corrected chi connectivity index (χ2v) is 7.32. The van der Waals surface area contributed by atoms with E-state index in [-0.39, 0.29) is 30.8 Å². The van der Waals surface area contributed by atoms with E-state index in [1.54, 1.807) is 6.07 Å². The summed E-state index contributed by atoms with van der Waals surface area (Å²) in [6, 6.07) is 7.31. The minimum Gasteiger partial charge on any atom is -0.356 e. The van der Waals surface area contributed by atoms with Gasteiger partial charge in [0, 0.05) is 17.9 Å². The second-order valence-electron chi connectivity index (χ2n) is 6.46. The smallest absolute Gasteiger partial charge is 0.243 e. The van der Waals surface area contributed by atoms with Crippen molar-refractivity contribution in [2.24, 2.45) is 5.92 Å². The molecule has 0 aliphatic carbocycles. The van der Waals surface area contributed by atoms with Crippen molar-refractivity contribution in [2.75, 3.05) is 38.0 Å². The molecule has 7 nitrogen and oxygen atoms in total. The summed E-state index contributed by atoms with van der Waals surface area (Å²) in [6.07, 6.45) is 1.91. The number of piperidine rings is 1. The van der Waals surface area contributed by atoms with Gasteiger partial charge in [0.05, 0.1) is 18.8 Å². The van der Waals surface area contributed by atoms with Crippen molar-refractivity contribution in [3.63, 3.8) is 0 Å². The maximum absolute atomic E-state index is 12.0. The molecule has 0 radical (unpaired) electrons. The number of carbonyl (C=O) groups excluding carboxylic acids is 3. The molecule has 1 heterocycles. The Bertz CT molecular complexity index is 645. The van der Waals surface area contributed by atoms with E-state index in [9.17, 15) is 14.4 Å². The molecule has 1 fully saturated rings. The molecule has 1 aromatic carbocycles. The Morgan fingerprint density at radius 2 is 1.81 bits per heavy atom. The van der Waals surface area contributed by atoms with Crippen LogP contribution in [0.25, 0.3) is 0 Å².